The quantitative estimate of drug-likeness (QED) is 0.576. The highest BCUT2D eigenvalue weighted by Gasteiger charge is 2.24. The van der Waals surface area contributed by atoms with Gasteiger partial charge in [0, 0.05) is 17.4 Å². The summed E-state index contributed by atoms with van der Waals surface area (Å²) in [6, 6.07) is 27.2. The first-order chi connectivity index (χ1) is 12.3. The van der Waals surface area contributed by atoms with E-state index in [1.54, 1.807) is 7.11 Å². The number of nitrogens with zero attached hydrogens (tertiary/aromatic N) is 1. The van der Waals surface area contributed by atoms with Crippen LogP contribution in [0.5, 0.6) is 5.75 Å². The van der Waals surface area contributed by atoms with Crippen LogP contribution >= 0.6 is 11.8 Å². The Morgan fingerprint density at radius 1 is 0.880 bits per heavy atom. The average Bonchev–Trinajstić information content (AvgIpc) is 2.89. The number of rotatable bonds is 3. The molecule has 1 atom stereocenters. The minimum absolute atomic E-state index is 0.303. The molecule has 0 fully saturated rings. The van der Waals surface area contributed by atoms with Gasteiger partial charge in [0.05, 0.1) is 17.7 Å². The van der Waals surface area contributed by atoms with Crippen LogP contribution in [0.15, 0.2) is 88.8 Å². The van der Waals surface area contributed by atoms with Crippen LogP contribution in [0.25, 0.3) is 0 Å². The van der Waals surface area contributed by atoms with Crippen LogP contribution in [0.4, 0.5) is 5.69 Å². The van der Waals surface area contributed by atoms with Crippen molar-refractivity contribution in [2.24, 2.45) is 4.99 Å². The molecule has 4 rings (SSSR count). The predicted octanol–water partition coefficient (Wildman–Crippen LogP) is 6.05. The lowest BCUT2D eigenvalue weighted by Gasteiger charge is -2.17. The number of hydrogen-bond donors (Lipinski definition) is 0. The van der Waals surface area contributed by atoms with Crippen molar-refractivity contribution in [2.45, 2.75) is 16.6 Å². The van der Waals surface area contributed by atoms with Crippen LogP contribution in [-0.2, 0) is 0 Å². The zero-order valence-electron chi connectivity index (χ0n) is 14.1. The third kappa shape index (κ3) is 3.33. The molecule has 0 bridgehead atoms. The molecule has 0 spiro atoms. The summed E-state index contributed by atoms with van der Waals surface area (Å²) in [6.45, 7) is 0. The van der Waals surface area contributed by atoms with Gasteiger partial charge in [0.1, 0.15) is 5.75 Å². The van der Waals surface area contributed by atoms with E-state index in [9.17, 15) is 0 Å². The fourth-order valence-electron chi connectivity index (χ4n) is 3.09. The predicted molar refractivity (Wildman–Crippen MR) is 105 cm³/mol. The molecule has 3 aromatic rings. The van der Waals surface area contributed by atoms with E-state index in [0.29, 0.717) is 5.25 Å². The largest absolute Gasteiger partial charge is 0.496 e. The molecule has 124 valence electrons. The summed E-state index contributed by atoms with van der Waals surface area (Å²) in [4.78, 5) is 6.13. The molecule has 3 heteroatoms. The second kappa shape index (κ2) is 7.16. The molecule has 3 aromatic carbocycles. The molecule has 0 saturated heterocycles. The highest BCUT2D eigenvalue weighted by atomic mass is 32.2. The van der Waals surface area contributed by atoms with Crippen molar-refractivity contribution in [2.75, 3.05) is 7.11 Å². The molecule has 0 radical (unpaired) electrons. The topological polar surface area (TPSA) is 21.6 Å². The number of ether oxygens (including phenoxy) is 1. The number of thioether (sulfide) groups is 1. The maximum atomic E-state index is 5.60. The van der Waals surface area contributed by atoms with E-state index in [4.69, 9.17) is 9.73 Å². The van der Waals surface area contributed by atoms with E-state index in [-0.39, 0.29) is 0 Å². The summed E-state index contributed by atoms with van der Waals surface area (Å²) in [5.41, 5.74) is 4.60. The van der Waals surface area contributed by atoms with E-state index in [0.717, 1.165) is 28.5 Å². The SMILES string of the molecule is COc1cccc2c1SC(c1ccccc1)CC(c1ccccc1)=N2. The summed E-state index contributed by atoms with van der Waals surface area (Å²) < 4.78 is 5.60. The number of methoxy groups -OCH3 is 1. The minimum atomic E-state index is 0.303. The Morgan fingerprint density at radius 2 is 1.60 bits per heavy atom. The zero-order chi connectivity index (χ0) is 17.1. The van der Waals surface area contributed by atoms with Gasteiger partial charge in [0.15, 0.2) is 0 Å². The fourth-order valence-corrected chi connectivity index (χ4v) is 4.41. The lowest BCUT2D eigenvalue weighted by atomic mass is 10.0. The summed E-state index contributed by atoms with van der Waals surface area (Å²) in [6.07, 6.45) is 0.885. The summed E-state index contributed by atoms with van der Waals surface area (Å²) in [5.74, 6) is 0.890. The van der Waals surface area contributed by atoms with Crippen LogP contribution < -0.4 is 4.74 Å². The van der Waals surface area contributed by atoms with Crippen LogP contribution in [0.3, 0.4) is 0 Å². The molecule has 1 unspecified atom stereocenters. The molecule has 0 aliphatic carbocycles. The van der Waals surface area contributed by atoms with Gasteiger partial charge < -0.3 is 4.74 Å². The summed E-state index contributed by atoms with van der Waals surface area (Å²) in [5, 5.41) is 0.303. The Labute approximate surface area is 152 Å². The van der Waals surface area contributed by atoms with Crippen LogP contribution in [0, 0.1) is 0 Å². The molecule has 0 saturated carbocycles. The van der Waals surface area contributed by atoms with Gasteiger partial charge in [0.25, 0.3) is 0 Å². The Morgan fingerprint density at radius 3 is 2.32 bits per heavy atom. The maximum absolute atomic E-state index is 5.60. The molecule has 0 N–H and O–H groups in total. The second-order valence-electron chi connectivity index (χ2n) is 5.95. The smallest absolute Gasteiger partial charge is 0.134 e. The monoisotopic (exact) mass is 345 g/mol. The highest BCUT2D eigenvalue weighted by molar-refractivity contribution is 7.99. The minimum Gasteiger partial charge on any atom is -0.496 e. The molecular formula is C22H19NOS. The Kier molecular flexibility index (Phi) is 4.57. The van der Waals surface area contributed by atoms with Crippen molar-refractivity contribution >= 4 is 23.2 Å². The normalized spacial score (nSPS) is 16.5. The molecule has 2 nitrogen and oxygen atoms in total. The van der Waals surface area contributed by atoms with Crippen molar-refractivity contribution < 1.29 is 4.74 Å². The zero-order valence-corrected chi connectivity index (χ0v) is 14.9. The molecule has 0 aromatic heterocycles. The van der Waals surface area contributed by atoms with E-state index in [1.807, 2.05) is 30.0 Å². The van der Waals surface area contributed by atoms with Crippen LogP contribution in [-0.4, -0.2) is 12.8 Å². The van der Waals surface area contributed by atoms with Crippen molar-refractivity contribution in [3.8, 4) is 5.75 Å². The van der Waals surface area contributed by atoms with Gasteiger partial charge in [-0.15, -0.1) is 11.8 Å². The summed E-state index contributed by atoms with van der Waals surface area (Å²) >= 11 is 1.84. The first-order valence-electron chi connectivity index (χ1n) is 8.37. The van der Waals surface area contributed by atoms with Crippen molar-refractivity contribution in [1.29, 1.82) is 0 Å². The fraction of sp³-hybridized carbons (Fsp3) is 0.136. The van der Waals surface area contributed by atoms with E-state index in [1.165, 1.54) is 11.1 Å². The van der Waals surface area contributed by atoms with Crippen LogP contribution in [0.2, 0.25) is 0 Å². The van der Waals surface area contributed by atoms with Gasteiger partial charge in [-0.2, -0.15) is 0 Å². The standard InChI is InChI=1S/C22H19NOS/c1-24-20-14-8-13-18-22(20)25-21(17-11-6-3-7-12-17)15-19(23-18)16-9-4-2-5-10-16/h2-14,21H,15H2,1H3. The number of aliphatic imine (C=N–C) groups is 1. The Bertz CT molecular complexity index is 890. The Balaban J connectivity index is 1.85. The lowest BCUT2D eigenvalue weighted by molar-refractivity contribution is 0.405. The van der Waals surface area contributed by atoms with Gasteiger partial charge in [-0.25, -0.2) is 0 Å². The molecular weight excluding hydrogens is 326 g/mol. The Hall–Kier alpha value is -2.52. The molecule has 1 aliphatic heterocycles. The van der Waals surface area contributed by atoms with Crippen molar-refractivity contribution in [3.05, 3.63) is 90.0 Å². The van der Waals surface area contributed by atoms with Crippen molar-refractivity contribution in [1.82, 2.24) is 0 Å². The van der Waals surface area contributed by atoms with Gasteiger partial charge >= 0.3 is 0 Å². The first kappa shape index (κ1) is 16.0. The van der Waals surface area contributed by atoms with Gasteiger partial charge in [0.2, 0.25) is 0 Å². The van der Waals surface area contributed by atoms with Gasteiger partial charge in [-0.3, -0.25) is 4.99 Å². The number of fused-ring (bicyclic) bond motifs is 1. The highest BCUT2D eigenvalue weighted by Crippen LogP contribution is 2.49. The lowest BCUT2D eigenvalue weighted by Crippen LogP contribution is -2.05. The third-order valence-corrected chi connectivity index (χ3v) is 5.72. The van der Waals surface area contributed by atoms with Crippen LogP contribution in [0.1, 0.15) is 22.8 Å². The molecule has 0 amide bonds. The number of hydrogen-bond acceptors (Lipinski definition) is 3. The van der Waals surface area contributed by atoms with E-state index < -0.39 is 0 Å². The van der Waals surface area contributed by atoms with E-state index in [2.05, 4.69) is 60.7 Å². The average molecular weight is 345 g/mol. The van der Waals surface area contributed by atoms with Crippen molar-refractivity contribution in [3.63, 3.8) is 0 Å². The first-order valence-corrected chi connectivity index (χ1v) is 9.24. The molecule has 1 heterocycles. The summed E-state index contributed by atoms with van der Waals surface area (Å²) in [7, 11) is 1.72. The maximum Gasteiger partial charge on any atom is 0.134 e. The molecule has 25 heavy (non-hydrogen) atoms. The second-order valence-corrected chi connectivity index (χ2v) is 7.17. The van der Waals surface area contributed by atoms with E-state index >= 15 is 0 Å². The van der Waals surface area contributed by atoms with Gasteiger partial charge in [-0.05, 0) is 23.3 Å². The molecule has 1 aliphatic rings. The van der Waals surface area contributed by atoms with Gasteiger partial charge in [-0.1, -0.05) is 66.7 Å². The number of benzene rings is 3. The third-order valence-electron chi connectivity index (χ3n) is 4.35.